The first-order valence-corrected chi connectivity index (χ1v) is 7.61. The highest BCUT2D eigenvalue weighted by atomic mass is 79.9. The third-order valence-corrected chi connectivity index (χ3v) is 5.01. The number of fused-ring (bicyclic) bond motifs is 1. The summed E-state index contributed by atoms with van der Waals surface area (Å²) in [6, 6.07) is 9.65. The van der Waals surface area contributed by atoms with Crippen molar-refractivity contribution >= 4 is 43.5 Å². The van der Waals surface area contributed by atoms with Crippen LogP contribution in [0.4, 0.5) is 0 Å². The van der Waals surface area contributed by atoms with Gasteiger partial charge in [0.1, 0.15) is 9.71 Å². The van der Waals surface area contributed by atoms with Crippen LogP contribution in [0.1, 0.15) is 20.9 Å². The average Bonchev–Trinajstić information content (AvgIpc) is 2.95. The molecule has 0 spiro atoms. The topological polar surface area (TPSA) is 55.1 Å². The van der Waals surface area contributed by atoms with Crippen molar-refractivity contribution in [2.75, 3.05) is 0 Å². The van der Waals surface area contributed by atoms with E-state index < -0.39 is 5.97 Å². The Morgan fingerprint density at radius 2 is 2.20 bits per heavy atom. The van der Waals surface area contributed by atoms with E-state index in [0.29, 0.717) is 11.4 Å². The first-order valence-electron chi connectivity index (χ1n) is 6.00. The summed E-state index contributed by atoms with van der Waals surface area (Å²) in [6.45, 7) is 2.52. The predicted octanol–water partition coefficient (Wildman–Crippen LogP) is 3.92. The molecule has 0 atom stereocenters. The van der Waals surface area contributed by atoms with E-state index in [4.69, 9.17) is 5.11 Å². The number of rotatable bonds is 3. The number of nitrogens with zero attached hydrogens (tertiary/aromatic N) is 2. The van der Waals surface area contributed by atoms with Crippen LogP contribution in [0.5, 0.6) is 0 Å². The van der Waals surface area contributed by atoms with Gasteiger partial charge in [0.05, 0.1) is 12.2 Å². The molecule has 2 heterocycles. The zero-order chi connectivity index (χ0) is 14.3. The second-order valence-corrected chi connectivity index (χ2v) is 6.35. The van der Waals surface area contributed by atoms with Crippen molar-refractivity contribution in [1.29, 1.82) is 0 Å². The second kappa shape index (κ2) is 5.03. The molecule has 0 aliphatic rings. The molecular weight excluding hydrogens is 340 g/mol. The first-order chi connectivity index (χ1) is 9.56. The summed E-state index contributed by atoms with van der Waals surface area (Å²) in [4.78, 5) is 12.3. The maximum absolute atomic E-state index is 11.1. The van der Waals surface area contributed by atoms with E-state index in [1.807, 2.05) is 35.9 Å². The van der Waals surface area contributed by atoms with Gasteiger partial charge in [0, 0.05) is 9.86 Å². The van der Waals surface area contributed by atoms with E-state index >= 15 is 0 Å². The fraction of sp³-hybridized carbons (Fsp3) is 0.143. The van der Waals surface area contributed by atoms with Gasteiger partial charge in [-0.25, -0.2) is 4.79 Å². The van der Waals surface area contributed by atoms with Gasteiger partial charge in [0.15, 0.2) is 0 Å². The zero-order valence-electron chi connectivity index (χ0n) is 10.6. The van der Waals surface area contributed by atoms with Gasteiger partial charge in [-0.15, -0.1) is 11.3 Å². The first kappa shape index (κ1) is 13.3. The van der Waals surface area contributed by atoms with Crippen molar-refractivity contribution in [2.24, 2.45) is 0 Å². The van der Waals surface area contributed by atoms with Gasteiger partial charge < -0.3 is 5.11 Å². The van der Waals surface area contributed by atoms with Crippen molar-refractivity contribution in [1.82, 2.24) is 9.78 Å². The monoisotopic (exact) mass is 350 g/mol. The number of hydrogen-bond donors (Lipinski definition) is 1. The van der Waals surface area contributed by atoms with Crippen LogP contribution in [0.25, 0.3) is 10.2 Å². The fourth-order valence-corrected chi connectivity index (χ4v) is 3.52. The van der Waals surface area contributed by atoms with Crippen LogP contribution in [0.2, 0.25) is 0 Å². The Morgan fingerprint density at radius 1 is 1.45 bits per heavy atom. The molecule has 4 nitrogen and oxygen atoms in total. The van der Waals surface area contributed by atoms with Crippen molar-refractivity contribution in [3.05, 3.63) is 50.9 Å². The maximum Gasteiger partial charge on any atom is 0.345 e. The number of thiophene rings is 1. The smallest absolute Gasteiger partial charge is 0.345 e. The van der Waals surface area contributed by atoms with Crippen LogP contribution < -0.4 is 0 Å². The Kier molecular flexibility index (Phi) is 3.35. The summed E-state index contributed by atoms with van der Waals surface area (Å²) >= 11 is 4.78. The molecule has 0 aliphatic heterocycles. The van der Waals surface area contributed by atoms with E-state index in [0.717, 1.165) is 25.9 Å². The van der Waals surface area contributed by atoms with E-state index in [-0.39, 0.29) is 0 Å². The lowest BCUT2D eigenvalue weighted by Gasteiger charge is -2.04. The molecule has 0 saturated heterocycles. The Labute approximate surface area is 127 Å². The fourth-order valence-electron chi connectivity index (χ4n) is 2.11. The van der Waals surface area contributed by atoms with Gasteiger partial charge in [-0.1, -0.05) is 34.1 Å². The number of hydrogen-bond acceptors (Lipinski definition) is 3. The Balaban J connectivity index is 2.08. The van der Waals surface area contributed by atoms with Crippen molar-refractivity contribution < 1.29 is 9.90 Å². The van der Waals surface area contributed by atoms with Crippen LogP contribution in [0.3, 0.4) is 0 Å². The van der Waals surface area contributed by atoms with Crippen LogP contribution in [0, 0.1) is 6.92 Å². The van der Waals surface area contributed by atoms with Gasteiger partial charge in [0.2, 0.25) is 0 Å². The molecule has 102 valence electrons. The van der Waals surface area contributed by atoms with E-state index in [1.54, 1.807) is 6.07 Å². The number of carboxylic acid groups (broad SMARTS) is 1. The second-order valence-electron chi connectivity index (χ2n) is 4.47. The molecule has 20 heavy (non-hydrogen) atoms. The quantitative estimate of drug-likeness (QED) is 0.778. The molecule has 3 rings (SSSR count). The molecule has 1 aromatic carbocycles. The standard InChI is InChI=1S/C14H11BrN2O2S/c1-8-10-6-12(14(18)19)20-13(10)17(16-8)7-9-4-2-3-5-11(9)15/h2-6H,7H2,1H3,(H,18,19). The highest BCUT2D eigenvalue weighted by molar-refractivity contribution is 9.10. The molecule has 0 fully saturated rings. The lowest BCUT2D eigenvalue weighted by molar-refractivity contribution is 0.0702. The molecular formula is C14H11BrN2O2S. The van der Waals surface area contributed by atoms with Crippen molar-refractivity contribution in [3.63, 3.8) is 0 Å². The van der Waals surface area contributed by atoms with Gasteiger partial charge >= 0.3 is 5.97 Å². The molecule has 1 N–H and O–H groups in total. The molecule has 0 unspecified atom stereocenters. The van der Waals surface area contributed by atoms with Gasteiger partial charge in [-0.2, -0.15) is 5.10 Å². The number of aromatic nitrogens is 2. The number of benzene rings is 1. The SMILES string of the molecule is Cc1nn(Cc2ccccc2Br)c2sc(C(=O)O)cc12. The van der Waals surface area contributed by atoms with Gasteiger partial charge in [-0.05, 0) is 24.6 Å². The van der Waals surface area contributed by atoms with E-state index in [2.05, 4.69) is 21.0 Å². The van der Waals surface area contributed by atoms with E-state index in [1.165, 1.54) is 11.3 Å². The van der Waals surface area contributed by atoms with Gasteiger partial charge in [-0.3, -0.25) is 4.68 Å². The van der Waals surface area contributed by atoms with Crippen LogP contribution >= 0.6 is 27.3 Å². The maximum atomic E-state index is 11.1. The largest absolute Gasteiger partial charge is 0.477 e. The predicted molar refractivity (Wildman–Crippen MR) is 82.6 cm³/mol. The number of halogens is 1. The summed E-state index contributed by atoms with van der Waals surface area (Å²) in [5.74, 6) is -0.891. The highest BCUT2D eigenvalue weighted by Crippen LogP contribution is 2.29. The Morgan fingerprint density at radius 3 is 2.90 bits per heavy atom. The lowest BCUT2D eigenvalue weighted by atomic mass is 10.2. The average molecular weight is 351 g/mol. The summed E-state index contributed by atoms with van der Waals surface area (Å²) < 4.78 is 2.89. The lowest BCUT2D eigenvalue weighted by Crippen LogP contribution is -2.02. The number of aromatic carboxylic acids is 1. The molecule has 6 heteroatoms. The number of aryl methyl sites for hydroxylation is 1. The minimum atomic E-state index is -0.891. The number of carboxylic acids is 1. The highest BCUT2D eigenvalue weighted by Gasteiger charge is 2.16. The number of carbonyl (C=O) groups is 1. The third-order valence-electron chi connectivity index (χ3n) is 3.10. The van der Waals surface area contributed by atoms with E-state index in [9.17, 15) is 4.79 Å². The van der Waals surface area contributed by atoms with Crippen molar-refractivity contribution in [3.8, 4) is 0 Å². The molecule has 3 aromatic rings. The molecule has 0 radical (unpaired) electrons. The molecule has 0 saturated carbocycles. The van der Waals surface area contributed by atoms with Crippen molar-refractivity contribution in [2.45, 2.75) is 13.5 Å². The zero-order valence-corrected chi connectivity index (χ0v) is 13.0. The Hall–Kier alpha value is -1.66. The van der Waals surface area contributed by atoms with Crippen LogP contribution in [-0.4, -0.2) is 20.9 Å². The summed E-state index contributed by atoms with van der Waals surface area (Å²) in [5, 5.41) is 14.5. The molecule has 0 aliphatic carbocycles. The minimum Gasteiger partial charge on any atom is -0.477 e. The summed E-state index contributed by atoms with van der Waals surface area (Å²) in [5.41, 5.74) is 1.97. The van der Waals surface area contributed by atoms with Gasteiger partial charge in [0.25, 0.3) is 0 Å². The third kappa shape index (κ3) is 2.25. The molecule has 0 bridgehead atoms. The molecule has 0 amide bonds. The summed E-state index contributed by atoms with van der Waals surface area (Å²) in [6.07, 6.45) is 0. The molecule has 2 aromatic heterocycles. The summed E-state index contributed by atoms with van der Waals surface area (Å²) in [7, 11) is 0. The Bertz CT molecular complexity index is 807. The normalized spacial score (nSPS) is 11.1. The van der Waals surface area contributed by atoms with Crippen LogP contribution in [0.15, 0.2) is 34.8 Å². The minimum absolute atomic E-state index is 0.348. The van der Waals surface area contributed by atoms with Crippen LogP contribution in [-0.2, 0) is 6.54 Å².